The SMILES string of the molecule is Cc1noc(-c2ccc(Br)cc2)c1CC(=O)CCc1ccccc1. The standard InChI is InChI=1S/C20H18BrNO2/c1-14-19(13-18(23)12-7-15-5-3-2-4-6-15)20(24-22-14)16-8-10-17(21)11-9-16/h2-6,8-11H,7,12-13H2,1H3. The molecule has 0 aliphatic heterocycles. The second-order valence-corrected chi connectivity index (χ2v) is 6.70. The summed E-state index contributed by atoms with van der Waals surface area (Å²) in [5, 5.41) is 4.05. The van der Waals surface area contributed by atoms with Crippen LogP contribution in [0.25, 0.3) is 11.3 Å². The number of hydrogen-bond acceptors (Lipinski definition) is 3. The van der Waals surface area contributed by atoms with E-state index in [2.05, 4.69) is 21.1 Å². The van der Waals surface area contributed by atoms with Crippen LogP contribution >= 0.6 is 15.9 Å². The molecule has 0 fully saturated rings. The van der Waals surface area contributed by atoms with Crippen LogP contribution in [0.5, 0.6) is 0 Å². The number of halogens is 1. The van der Waals surface area contributed by atoms with E-state index in [0.29, 0.717) is 18.6 Å². The van der Waals surface area contributed by atoms with E-state index in [1.54, 1.807) is 0 Å². The first-order valence-electron chi connectivity index (χ1n) is 7.90. The van der Waals surface area contributed by atoms with Crippen LogP contribution in [0.2, 0.25) is 0 Å². The summed E-state index contributed by atoms with van der Waals surface area (Å²) in [6.07, 6.45) is 1.64. The average molecular weight is 384 g/mol. The van der Waals surface area contributed by atoms with Crippen molar-refractivity contribution in [3.8, 4) is 11.3 Å². The molecule has 122 valence electrons. The number of benzene rings is 2. The summed E-state index contributed by atoms with van der Waals surface area (Å²) in [6, 6.07) is 17.9. The number of aryl methyl sites for hydroxylation is 2. The molecule has 0 atom stereocenters. The van der Waals surface area contributed by atoms with E-state index in [0.717, 1.165) is 27.7 Å². The summed E-state index contributed by atoms with van der Waals surface area (Å²) >= 11 is 3.42. The molecule has 0 spiro atoms. The molecule has 0 amide bonds. The van der Waals surface area contributed by atoms with Gasteiger partial charge in [0.15, 0.2) is 5.76 Å². The number of aromatic nitrogens is 1. The van der Waals surface area contributed by atoms with Gasteiger partial charge in [0.25, 0.3) is 0 Å². The lowest BCUT2D eigenvalue weighted by Crippen LogP contribution is -2.05. The maximum atomic E-state index is 12.4. The van der Waals surface area contributed by atoms with Crippen LogP contribution < -0.4 is 0 Å². The fraction of sp³-hybridized carbons (Fsp3) is 0.200. The van der Waals surface area contributed by atoms with E-state index < -0.39 is 0 Å². The highest BCUT2D eigenvalue weighted by Crippen LogP contribution is 2.28. The quantitative estimate of drug-likeness (QED) is 0.590. The molecule has 0 unspecified atom stereocenters. The van der Waals surface area contributed by atoms with Gasteiger partial charge in [0, 0.05) is 28.4 Å². The van der Waals surface area contributed by atoms with E-state index in [-0.39, 0.29) is 5.78 Å². The maximum Gasteiger partial charge on any atom is 0.170 e. The monoisotopic (exact) mass is 383 g/mol. The molecular formula is C20H18BrNO2. The molecule has 0 aliphatic carbocycles. The number of carbonyl (C=O) groups excluding carboxylic acids is 1. The van der Waals surface area contributed by atoms with Crippen LogP contribution in [0, 0.1) is 6.92 Å². The number of Topliss-reactive ketones (excluding diaryl/α,β-unsaturated/α-hetero) is 1. The molecule has 1 aromatic heterocycles. The van der Waals surface area contributed by atoms with E-state index >= 15 is 0 Å². The third-order valence-corrected chi connectivity index (χ3v) is 4.53. The van der Waals surface area contributed by atoms with Crippen molar-refractivity contribution in [2.45, 2.75) is 26.2 Å². The predicted molar refractivity (Wildman–Crippen MR) is 97.9 cm³/mol. The molecule has 0 bridgehead atoms. The molecule has 2 aromatic carbocycles. The van der Waals surface area contributed by atoms with Crippen molar-refractivity contribution in [2.24, 2.45) is 0 Å². The van der Waals surface area contributed by atoms with Crippen molar-refractivity contribution in [3.05, 3.63) is 75.9 Å². The zero-order valence-electron chi connectivity index (χ0n) is 13.5. The Hall–Kier alpha value is -2.20. The minimum absolute atomic E-state index is 0.198. The molecule has 0 radical (unpaired) electrons. The van der Waals surface area contributed by atoms with Crippen LogP contribution in [-0.4, -0.2) is 10.9 Å². The van der Waals surface area contributed by atoms with Crippen LogP contribution in [0.4, 0.5) is 0 Å². The van der Waals surface area contributed by atoms with Crippen molar-refractivity contribution in [2.75, 3.05) is 0 Å². The highest BCUT2D eigenvalue weighted by Gasteiger charge is 2.17. The molecule has 0 N–H and O–H groups in total. The minimum Gasteiger partial charge on any atom is -0.356 e. The zero-order chi connectivity index (χ0) is 16.9. The van der Waals surface area contributed by atoms with Crippen molar-refractivity contribution >= 4 is 21.7 Å². The predicted octanol–water partition coefficient (Wildman–Crippen LogP) is 5.16. The van der Waals surface area contributed by atoms with Crippen molar-refractivity contribution in [1.29, 1.82) is 0 Å². The molecule has 0 saturated carbocycles. The Kier molecular flexibility index (Phi) is 5.26. The lowest BCUT2D eigenvalue weighted by molar-refractivity contribution is -0.118. The van der Waals surface area contributed by atoms with Gasteiger partial charge in [-0.05, 0) is 31.0 Å². The Morgan fingerprint density at radius 3 is 2.50 bits per heavy atom. The first kappa shape index (κ1) is 16.7. The van der Waals surface area contributed by atoms with Gasteiger partial charge in [-0.1, -0.05) is 63.6 Å². The van der Waals surface area contributed by atoms with Gasteiger partial charge >= 0.3 is 0 Å². The number of nitrogens with zero attached hydrogens (tertiary/aromatic N) is 1. The second-order valence-electron chi connectivity index (χ2n) is 5.78. The molecule has 4 heteroatoms. The summed E-state index contributed by atoms with van der Waals surface area (Å²) in [6.45, 7) is 1.88. The molecular weight excluding hydrogens is 366 g/mol. The number of ketones is 1. The molecule has 0 saturated heterocycles. The van der Waals surface area contributed by atoms with Gasteiger partial charge in [0.05, 0.1) is 5.69 Å². The van der Waals surface area contributed by atoms with Gasteiger partial charge in [-0.2, -0.15) is 0 Å². The third kappa shape index (κ3) is 4.01. The lowest BCUT2D eigenvalue weighted by atomic mass is 9.99. The van der Waals surface area contributed by atoms with E-state index in [1.807, 2.05) is 61.5 Å². The average Bonchev–Trinajstić information content (AvgIpc) is 2.95. The van der Waals surface area contributed by atoms with E-state index in [4.69, 9.17) is 4.52 Å². The largest absolute Gasteiger partial charge is 0.356 e. The molecule has 24 heavy (non-hydrogen) atoms. The molecule has 3 rings (SSSR count). The fourth-order valence-corrected chi connectivity index (χ4v) is 2.90. The maximum absolute atomic E-state index is 12.4. The summed E-state index contributed by atoms with van der Waals surface area (Å²) in [5.41, 5.74) is 3.78. The van der Waals surface area contributed by atoms with Gasteiger partial charge in [-0.15, -0.1) is 0 Å². The second kappa shape index (κ2) is 7.58. The highest BCUT2D eigenvalue weighted by atomic mass is 79.9. The van der Waals surface area contributed by atoms with Gasteiger partial charge < -0.3 is 4.52 Å². The Labute approximate surface area is 149 Å². The Bertz CT molecular complexity index is 823. The summed E-state index contributed by atoms with van der Waals surface area (Å²) in [7, 11) is 0. The first-order valence-corrected chi connectivity index (χ1v) is 8.69. The third-order valence-electron chi connectivity index (χ3n) is 4.00. The van der Waals surface area contributed by atoms with Crippen molar-refractivity contribution in [3.63, 3.8) is 0 Å². The molecule has 3 nitrogen and oxygen atoms in total. The van der Waals surface area contributed by atoms with Crippen LogP contribution in [0.15, 0.2) is 63.6 Å². The Morgan fingerprint density at radius 1 is 1.08 bits per heavy atom. The lowest BCUT2D eigenvalue weighted by Gasteiger charge is -2.04. The first-order chi connectivity index (χ1) is 11.6. The molecule has 1 heterocycles. The van der Waals surface area contributed by atoms with Gasteiger partial charge in [0.1, 0.15) is 5.78 Å². The fourth-order valence-electron chi connectivity index (χ4n) is 2.64. The summed E-state index contributed by atoms with van der Waals surface area (Å²) < 4.78 is 6.47. The summed E-state index contributed by atoms with van der Waals surface area (Å²) in [4.78, 5) is 12.4. The Morgan fingerprint density at radius 2 is 1.79 bits per heavy atom. The molecule has 0 aliphatic rings. The molecule has 3 aromatic rings. The smallest absolute Gasteiger partial charge is 0.170 e. The summed E-state index contributed by atoms with van der Waals surface area (Å²) in [5.74, 6) is 0.886. The van der Waals surface area contributed by atoms with E-state index in [1.165, 1.54) is 5.56 Å². The number of hydrogen-bond donors (Lipinski definition) is 0. The van der Waals surface area contributed by atoms with Crippen LogP contribution in [-0.2, 0) is 17.6 Å². The minimum atomic E-state index is 0.198. The topological polar surface area (TPSA) is 43.1 Å². The van der Waals surface area contributed by atoms with E-state index in [9.17, 15) is 4.79 Å². The van der Waals surface area contributed by atoms with Crippen LogP contribution in [0.1, 0.15) is 23.2 Å². The van der Waals surface area contributed by atoms with Gasteiger partial charge in [-0.3, -0.25) is 4.79 Å². The number of rotatable bonds is 6. The van der Waals surface area contributed by atoms with Crippen LogP contribution in [0.3, 0.4) is 0 Å². The van der Waals surface area contributed by atoms with Gasteiger partial charge in [-0.25, -0.2) is 0 Å². The van der Waals surface area contributed by atoms with Gasteiger partial charge in [0.2, 0.25) is 0 Å². The highest BCUT2D eigenvalue weighted by molar-refractivity contribution is 9.10. The normalized spacial score (nSPS) is 10.8. The van der Waals surface area contributed by atoms with Crippen molar-refractivity contribution in [1.82, 2.24) is 5.16 Å². The Balaban J connectivity index is 1.72. The zero-order valence-corrected chi connectivity index (χ0v) is 15.0. The number of carbonyl (C=O) groups is 1. The van der Waals surface area contributed by atoms with Crippen molar-refractivity contribution < 1.29 is 9.32 Å².